The molecule has 2 aromatic carbocycles. The van der Waals surface area contributed by atoms with E-state index in [0.29, 0.717) is 13.0 Å². The Kier molecular flexibility index (Phi) is 5.75. The van der Waals surface area contributed by atoms with E-state index in [1.54, 1.807) is 6.08 Å². The zero-order valence-electron chi connectivity index (χ0n) is 16.2. The molecule has 0 aromatic heterocycles. The fraction of sp³-hybridized carbons (Fsp3) is 0.304. The molecule has 4 heteroatoms. The van der Waals surface area contributed by atoms with Crippen LogP contribution in [0.5, 0.6) is 0 Å². The van der Waals surface area contributed by atoms with Gasteiger partial charge in [-0.3, -0.25) is 9.59 Å². The van der Waals surface area contributed by atoms with E-state index in [1.807, 2.05) is 42.2 Å². The molecule has 1 aliphatic heterocycles. The standard InChI is InChI=1S/C23H26N2O2/c1-16-12-18(3)20(13-17(16)2)9-10-22(26)24-21-7-4-6-19(14-21)15-25-11-5-8-23(25)27/h4,6-7,9-10,12-14H,5,8,11,15H2,1-3H3,(H,24,26). The summed E-state index contributed by atoms with van der Waals surface area (Å²) in [6, 6.07) is 11.9. The van der Waals surface area contributed by atoms with Gasteiger partial charge in [0.05, 0.1) is 0 Å². The second-order valence-electron chi connectivity index (χ2n) is 7.23. The Morgan fingerprint density at radius 2 is 1.89 bits per heavy atom. The molecule has 27 heavy (non-hydrogen) atoms. The van der Waals surface area contributed by atoms with Crippen LogP contribution in [0, 0.1) is 20.8 Å². The minimum Gasteiger partial charge on any atom is -0.338 e. The van der Waals surface area contributed by atoms with Gasteiger partial charge in [-0.05, 0) is 73.2 Å². The van der Waals surface area contributed by atoms with Crippen molar-refractivity contribution in [2.45, 2.75) is 40.2 Å². The van der Waals surface area contributed by atoms with E-state index in [0.717, 1.165) is 35.3 Å². The van der Waals surface area contributed by atoms with Gasteiger partial charge in [0.2, 0.25) is 11.8 Å². The van der Waals surface area contributed by atoms with Crippen LogP contribution in [0.1, 0.15) is 40.7 Å². The molecule has 0 spiro atoms. The first kappa shape index (κ1) is 18.9. The molecule has 0 bridgehead atoms. The number of hydrogen-bond donors (Lipinski definition) is 1. The van der Waals surface area contributed by atoms with Crippen molar-refractivity contribution < 1.29 is 9.59 Å². The highest BCUT2D eigenvalue weighted by Gasteiger charge is 2.19. The van der Waals surface area contributed by atoms with Gasteiger partial charge in [-0.1, -0.05) is 24.3 Å². The highest BCUT2D eigenvalue weighted by molar-refractivity contribution is 6.02. The van der Waals surface area contributed by atoms with Crippen LogP contribution in [0.15, 0.2) is 42.5 Å². The van der Waals surface area contributed by atoms with Gasteiger partial charge >= 0.3 is 0 Å². The van der Waals surface area contributed by atoms with Crippen LogP contribution in [0.2, 0.25) is 0 Å². The Balaban J connectivity index is 1.65. The summed E-state index contributed by atoms with van der Waals surface area (Å²) < 4.78 is 0. The summed E-state index contributed by atoms with van der Waals surface area (Å²) in [6.07, 6.45) is 4.98. The lowest BCUT2D eigenvalue weighted by molar-refractivity contribution is -0.128. The molecule has 2 amide bonds. The van der Waals surface area contributed by atoms with Crippen molar-refractivity contribution in [1.82, 2.24) is 4.90 Å². The topological polar surface area (TPSA) is 49.4 Å². The predicted octanol–water partition coefficient (Wildman–Crippen LogP) is 4.39. The fourth-order valence-electron chi connectivity index (χ4n) is 3.35. The quantitative estimate of drug-likeness (QED) is 0.802. The summed E-state index contributed by atoms with van der Waals surface area (Å²) in [5.74, 6) is 0.0400. The Morgan fingerprint density at radius 3 is 2.63 bits per heavy atom. The van der Waals surface area contributed by atoms with Gasteiger partial charge < -0.3 is 10.2 Å². The molecular formula is C23H26N2O2. The van der Waals surface area contributed by atoms with Crippen LogP contribution in [0.4, 0.5) is 5.69 Å². The van der Waals surface area contributed by atoms with Crippen LogP contribution in [-0.4, -0.2) is 23.3 Å². The van der Waals surface area contributed by atoms with Crippen molar-refractivity contribution in [3.05, 3.63) is 70.3 Å². The maximum atomic E-state index is 12.3. The lowest BCUT2D eigenvalue weighted by atomic mass is 10.0. The molecule has 3 rings (SSSR count). The molecule has 140 valence electrons. The normalized spacial score (nSPS) is 14.2. The van der Waals surface area contributed by atoms with Crippen LogP contribution in [0.3, 0.4) is 0 Å². The van der Waals surface area contributed by atoms with Gasteiger partial charge in [0.1, 0.15) is 0 Å². The third kappa shape index (κ3) is 4.85. The van der Waals surface area contributed by atoms with Crippen LogP contribution >= 0.6 is 0 Å². The Bertz CT molecular complexity index is 899. The number of anilines is 1. The smallest absolute Gasteiger partial charge is 0.248 e. The second-order valence-corrected chi connectivity index (χ2v) is 7.23. The molecule has 1 aliphatic rings. The Hall–Kier alpha value is -2.88. The maximum Gasteiger partial charge on any atom is 0.248 e. The molecule has 0 radical (unpaired) electrons. The third-order valence-corrected chi connectivity index (χ3v) is 5.04. The number of nitrogens with one attached hydrogen (secondary N) is 1. The average Bonchev–Trinajstić information content (AvgIpc) is 3.02. The minimum absolute atomic E-state index is 0.165. The van der Waals surface area contributed by atoms with E-state index in [9.17, 15) is 9.59 Å². The first-order valence-electron chi connectivity index (χ1n) is 9.36. The summed E-state index contributed by atoms with van der Waals surface area (Å²) >= 11 is 0. The summed E-state index contributed by atoms with van der Waals surface area (Å²) in [7, 11) is 0. The molecule has 1 heterocycles. The molecule has 0 atom stereocenters. The zero-order valence-corrected chi connectivity index (χ0v) is 16.2. The zero-order chi connectivity index (χ0) is 19.4. The van der Waals surface area contributed by atoms with Crippen LogP contribution < -0.4 is 5.32 Å². The van der Waals surface area contributed by atoms with Crippen LogP contribution in [-0.2, 0) is 16.1 Å². The lowest BCUT2D eigenvalue weighted by Crippen LogP contribution is -2.23. The number of benzene rings is 2. The van der Waals surface area contributed by atoms with Crippen molar-refractivity contribution in [2.75, 3.05) is 11.9 Å². The Morgan fingerprint density at radius 1 is 1.11 bits per heavy atom. The van der Waals surface area contributed by atoms with E-state index in [1.165, 1.54) is 11.1 Å². The highest BCUT2D eigenvalue weighted by atomic mass is 16.2. The Labute approximate surface area is 160 Å². The van der Waals surface area contributed by atoms with Crippen LogP contribution in [0.25, 0.3) is 6.08 Å². The van der Waals surface area contributed by atoms with Gasteiger partial charge in [-0.25, -0.2) is 0 Å². The third-order valence-electron chi connectivity index (χ3n) is 5.04. The summed E-state index contributed by atoms with van der Waals surface area (Å²) in [4.78, 5) is 25.9. The maximum absolute atomic E-state index is 12.3. The summed E-state index contributed by atoms with van der Waals surface area (Å²) in [5.41, 5.74) is 6.43. The average molecular weight is 362 g/mol. The molecule has 1 N–H and O–H groups in total. The number of hydrogen-bond acceptors (Lipinski definition) is 2. The number of aryl methyl sites for hydroxylation is 3. The molecular weight excluding hydrogens is 336 g/mol. The van der Waals surface area contributed by atoms with Gasteiger partial charge in [0.15, 0.2) is 0 Å². The number of carbonyl (C=O) groups excluding carboxylic acids is 2. The molecule has 1 fully saturated rings. The molecule has 2 aromatic rings. The molecule has 0 aliphatic carbocycles. The first-order chi connectivity index (χ1) is 12.9. The van der Waals surface area contributed by atoms with Crippen molar-refractivity contribution in [1.29, 1.82) is 0 Å². The monoisotopic (exact) mass is 362 g/mol. The van der Waals surface area contributed by atoms with Crippen molar-refractivity contribution in [3.63, 3.8) is 0 Å². The highest BCUT2D eigenvalue weighted by Crippen LogP contribution is 2.18. The van der Waals surface area contributed by atoms with Gasteiger partial charge in [0.25, 0.3) is 0 Å². The van der Waals surface area contributed by atoms with Gasteiger partial charge in [-0.2, -0.15) is 0 Å². The van der Waals surface area contributed by atoms with E-state index < -0.39 is 0 Å². The number of amides is 2. The van der Waals surface area contributed by atoms with E-state index in [4.69, 9.17) is 0 Å². The molecule has 4 nitrogen and oxygen atoms in total. The molecule has 1 saturated heterocycles. The SMILES string of the molecule is Cc1cc(C)c(C=CC(=O)Nc2cccc(CN3CCCC3=O)c2)cc1C. The second kappa shape index (κ2) is 8.21. The summed E-state index contributed by atoms with van der Waals surface area (Å²) in [5, 5.41) is 2.90. The van der Waals surface area contributed by atoms with E-state index in [-0.39, 0.29) is 11.8 Å². The van der Waals surface area contributed by atoms with Crippen molar-refractivity contribution >= 4 is 23.6 Å². The molecule has 0 unspecified atom stereocenters. The van der Waals surface area contributed by atoms with Gasteiger partial charge in [-0.15, -0.1) is 0 Å². The largest absolute Gasteiger partial charge is 0.338 e. The lowest BCUT2D eigenvalue weighted by Gasteiger charge is -2.16. The van der Waals surface area contributed by atoms with Gasteiger partial charge in [0, 0.05) is 31.3 Å². The van der Waals surface area contributed by atoms with Crippen molar-refractivity contribution in [3.8, 4) is 0 Å². The summed E-state index contributed by atoms with van der Waals surface area (Å²) in [6.45, 7) is 7.62. The predicted molar refractivity (Wildman–Crippen MR) is 109 cm³/mol. The minimum atomic E-state index is -0.165. The first-order valence-corrected chi connectivity index (χ1v) is 9.36. The van der Waals surface area contributed by atoms with E-state index in [2.05, 4.69) is 31.3 Å². The van der Waals surface area contributed by atoms with E-state index >= 15 is 0 Å². The number of carbonyl (C=O) groups is 2. The molecule has 0 saturated carbocycles. The number of rotatable bonds is 5. The number of nitrogens with zero attached hydrogens (tertiary/aromatic N) is 1. The fourth-order valence-corrected chi connectivity index (χ4v) is 3.35. The van der Waals surface area contributed by atoms with Crippen molar-refractivity contribution in [2.24, 2.45) is 0 Å². The number of likely N-dealkylation sites (tertiary alicyclic amines) is 1.